The lowest BCUT2D eigenvalue weighted by Gasteiger charge is -2.01. The first-order valence-electron chi connectivity index (χ1n) is 4.85. The molecule has 0 atom stereocenters. The van der Waals surface area contributed by atoms with Crippen LogP contribution in [0.5, 0.6) is 0 Å². The summed E-state index contributed by atoms with van der Waals surface area (Å²) in [6.07, 6.45) is 0.393. The van der Waals surface area contributed by atoms with Crippen molar-refractivity contribution in [3.05, 3.63) is 49.5 Å². The first-order chi connectivity index (χ1) is 7.66. The molecule has 1 aromatic carbocycles. The van der Waals surface area contributed by atoms with E-state index in [1.54, 1.807) is 11.3 Å². The maximum atomic E-state index is 12.0. The maximum Gasteiger partial charge on any atom is 0.169 e. The third-order valence-corrected chi connectivity index (χ3v) is 3.95. The van der Waals surface area contributed by atoms with Crippen LogP contribution < -0.4 is 0 Å². The number of carbonyl (C=O) groups is 1. The van der Waals surface area contributed by atoms with Gasteiger partial charge in [-0.05, 0) is 35.6 Å². The molecule has 2 nitrogen and oxygen atoms in total. The number of nitrogens with zero attached hydrogens (tertiary/aromatic N) is 1. The van der Waals surface area contributed by atoms with Gasteiger partial charge >= 0.3 is 0 Å². The van der Waals surface area contributed by atoms with Crippen LogP contribution in [0.2, 0.25) is 0 Å². The van der Waals surface area contributed by atoms with Gasteiger partial charge in [-0.2, -0.15) is 0 Å². The molecule has 0 radical (unpaired) electrons. The van der Waals surface area contributed by atoms with Crippen molar-refractivity contribution in [2.24, 2.45) is 0 Å². The number of hydrogen-bond acceptors (Lipinski definition) is 3. The van der Waals surface area contributed by atoms with Crippen LogP contribution in [0, 0.1) is 10.5 Å². The molecule has 0 aliphatic rings. The van der Waals surface area contributed by atoms with Gasteiger partial charge in [-0.25, -0.2) is 4.98 Å². The van der Waals surface area contributed by atoms with Crippen LogP contribution in [0.1, 0.15) is 21.1 Å². The summed E-state index contributed by atoms with van der Waals surface area (Å²) in [5.41, 5.74) is 1.65. The normalized spacial score (nSPS) is 10.4. The summed E-state index contributed by atoms with van der Waals surface area (Å²) in [7, 11) is 0. The van der Waals surface area contributed by atoms with E-state index in [9.17, 15) is 4.79 Å². The lowest BCUT2D eigenvalue weighted by molar-refractivity contribution is 0.0991. The minimum atomic E-state index is 0.135. The van der Waals surface area contributed by atoms with E-state index in [0.29, 0.717) is 6.42 Å². The third-order valence-electron chi connectivity index (χ3n) is 2.18. The molecule has 0 aliphatic heterocycles. The van der Waals surface area contributed by atoms with E-state index in [0.717, 1.165) is 19.8 Å². The Balaban J connectivity index is 2.18. The van der Waals surface area contributed by atoms with E-state index >= 15 is 0 Å². The predicted octanol–water partition coefficient (Wildman–Crippen LogP) is 3.48. The quantitative estimate of drug-likeness (QED) is 0.631. The van der Waals surface area contributed by atoms with E-state index < -0.39 is 0 Å². The molecule has 0 saturated carbocycles. The molecule has 82 valence electrons. The monoisotopic (exact) mass is 343 g/mol. The minimum absolute atomic E-state index is 0.135. The molecular formula is C12H10INOS. The van der Waals surface area contributed by atoms with Crippen LogP contribution in [0.4, 0.5) is 0 Å². The fraction of sp³-hybridized carbons (Fsp3) is 0.167. The summed E-state index contributed by atoms with van der Waals surface area (Å²) in [6, 6.07) is 7.64. The number of thiazole rings is 1. The number of halogens is 1. The SMILES string of the molecule is Cc1nc(CC(=O)c2ccccc2I)cs1. The van der Waals surface area contributed by atoms with E-state index in [1.807, 2.05) is 36.6 Å². The smallest absolute Gasteiger partial charge is 0.169 e. The molecule has 4 heteroatoms. The summed E-state index contributed by atoms with van der Waals surface area (Å²) in [4.78, 5) is 16.3. The highest BCUT2D eigenvalue weighted by atomic mass is 127. The Morgan fingerprint density at radius 3 is 2.81 bits per heavy atom. The van der Waals surface area contributed by atoms with Crippen LogP contribution in [-0.2, 0) is 6.42 Å². The second kappa shape index (κ2) is 5.05. The van der Waals surface area contributed by atoms with Crippen molar-refractivity contribution in [2.45, 2.75) is 13.3 Å². The molecule has 1 heterocycles. The highest BCUT2D eigenvalue weighted by Crippen LogP contribution is 2.15. The van der Waals surface area contributed by atoms with Gasteiger partial charge in [-0.15, -0.1) is 11.3 Å². The van der Waals surface area contributed by atoms with Crippen LogP contribution in [0.3, 0.4) is 0 Å². The molecule has 0 fully saturated rings. The number of benzene rings is 1. The number of ketones is 1. The number of Topliss-reactive ketones (excluding diaryl/α,β-unsaturated/α-hetero) is 1. The molecule has 0 bridgehead atoms. The fourth-order valence-electron chi connectivity index (χ4n) is 1.44. The van der Waals surface area contributed by atoms with Crippen LogP contribution in [-0.4, -0.2) is 10.8 Å². The van der Waals surface area contributed by atoms with Gasteiger partial charge < -0.3 is 0 Å². The Labute approximate surface area is 112 Å². The third kappa shape index (κ3) is 2.68. The Kier molecular flexibility index (Phi) is 3.70. The Hall–Kier alpha value is -0.750. The Morgan fingerprint density at radius 2 is 2.19 bits per heavy atom. The number of hydrogen-bond donors (Lipinski definition) is 0. The topological polar surface area (TPSA) is 30.0 Å². The van der Waals surface area contributed by atoms with Crippen molar-refractivity contribution in [3.8, 4) is 0 Å². The maximum absolute atomic E-state index is 12.0. The zero-order valence-electron chi connectivity index (χ0n) is 8.74. The van der Waals surface area contributed by atoms with Gasteiger partial charge in [0.1, 0.15) is 0 Å². The van der Waals surface area contributed by atoms with Gasteiger partial charge in [0.15, 0.2) is 5.78 Å². The zero-order chi connectivity index (χ0) is 11.5. The van der Waals surface area contributed by atoms with Crippen molar-refractivity contribution in [2.75, 3.05) is 0 Å². The summed E-state index contributed by atoms with van der Waals surface area (Å²) >= 11 is 3.77. The molecule has 16 heavy (non-hydrogen) atoms. The van der Waals surface area contributed by atoms with Crippen molar-refractivity contribution in [1.82, 2.24) is 4.98 Å². The largest absolute Gasteiger partial charge is 0.294 e. The van der Waals surface area contributed by atoms with Gasteiger partial charge in [0.25, 0.3) is 0 Å². The number of aromatic nitrogens is 1. The summed E-state index contributed by atoms with van der Waals surface area (Å²) in [5.74, 6) is 0.135. The molecule has 0 spiro atoms. The van der Waals surface area contributed by atoms with E-state index in [4.69, 9.17) is 0 Å². The van der Waals surface area contributed by atoms with Crippen molar-refractivity contribution >= 4 is 39.7 Å². The molecule has 0 unspecified atom stereocenters. The molecule has 0 aliphatic carbocycles. The van der Waals surface area contributed by atoms with E-state index in [2.05, 4.69) is 27.6 Å². The average Bonchev–Trinajstić information content (AvgIpc) is 2.64. The molecule has 0 amide bonds. The predicted molar refractivity (Wildman–Crippen MR) is 74.0 cm³/mol. The average molecular weight is 343 g/mol. The number of carbonyl (C=O) groups excluding carboxylic acids is 1. The minimum Gasteiger partial charge on any atom is -0.294 e. The van der Waals surface area contributed by atoms with Gasteiger partial charge in [-0.3, -0.25) is 4.79 Å². The molecule has 0 N–H and O–H groups in total. The fourth-order valence-corrected chi connectivity index (χ4v) is 2.74. The van der Waals surface area contributed by atoms with E-state index in [1.165, 1.54) is 0 Å². The van der Waals surface area contributed by atoms with Crippen LogP contribution in [0.15, 0.2) is 29.6 Å². The number of rotatable bonds is 3. The summed E-state index contributed by atoms with van der Waals surface area (Å²) < 4.78 is 0.997. The molecule has 2 aromatic rings. The molecule has 2 rings (SSSR count). The lowest BCUT2D eigenvalue weighted by atomic mass is 10.1. The summed E-state index contributed by atoms with van der Waals surface area (Å²) in [6.45, 7) is 1.95. The van der Waals surface area contributed by atoms with Crippen molar-refractivity contribution in [3.63, 3.8) is 0 Å². The first-order valence-corrected chi connectivity index (χ1v) is 6.81. The van der Waals surface area contributed by atoms with Gasteiger partial charge in [0.05, 0.1) is 17.1 Å². The van der Waals surface area contributed by atoms with Crippen LogP contribution >= 0.6 is 33.9 Å². The van der Waals surface area contributed by atoms with Crippen molar-refractivity contribution < 1.29 is 4.79 Å². The van der Waals surface area contributed by atoms with E-state index in [-0.39, 0.29) is 5.78 Å². The van der Waals surface area contributed by atoms with Crippen LogP contribution in [0.25, 0.3) is 0 Å². The van der Waals surface area contributed by atoms with Crippen molar-refractivity contribution in [1.29, 1.82) is 0 Å². The second-order valence-electron chi connectivity index (χ2n) is 3.44. The highest BCUT2D eigenvalue weighted by molar-refractivity contribution is 14.1. The number of aryl methyl sites for hydroxylation is 1. The highest BCUT2D eigenvalue weighted by Gasteiger charge is 2.11. The second-order valence-corrected chi connectivity index (χ2v) is 5.66. The lowest BCUT2D eigenvalue weighted by Crippen LogP contribution is -2.05. The molecule has 0 saturated heterocycles. The van der Waals surface area contributed by atoms with Gasteiger partial charge in [0.2, 0.25) is 0 Å². The van der Waals surface area contributed by atoms with Gasteiger partial charge in [0, 0.05) is 14.5 Å². The molecular weight excluding hydrogens is 333 g/mol. The summed E-state index contributed by atoms with van der Waals surface area (Å²) in [5, 5.41) is 2.95. The standard InChI is InChI=1S/C12H10INOS/c1-8-14-9(7-16-8)6-12(15)10-4-2-3-5-11(10)13/h2-5,7H,6H2,1H3. The van der Waals surface area contributed by atoms with Gasteiger partial charge in [-0.1, -0.05) is 18.2 Å². The molecule has 1 aromatic heterocycles. The Bertz CT molecular complexity index is 521. The zero-order valence-corrected chi connectivity index (χ0v) is 11.7. The Morgan fingerprint density at radius 1 is 1.44 bits per heavy atom. The first kappa shape index (κ1) is 11.7.